The average molecular weight is 390 g/mol. The maximum Gasteiger partial charge on any atom is 0.317 e. The molecule has 8 nitrogen and oxygen atoms in total. The Morgan fingerprint density at radius 3 is 2.71 bits per heavy atom. The second-order valence-electron chi connectivity index (χ2n) is 7.48. The zero-order valence-corrected chi connectivity index (χ0v) is 16.8. The quantitative estimate of drug-likeness (QED) is 0.839. The standard InChI is InChI=1S/C20H30N4O4/c1-16-4-3-5-17(22-16)14-21-19(26)23-9-6-20(7-12-28-13-8-20)24(11-10-23)18(25)15-27-2/h3-5H,6-15H2,1-2H3,(H,21,26). The number of pyridine rings is 1. The predicted octanol–water partition coefficient (Wildman–Crippen LogP) is 1.33. The van der Waals surface area contributed by atoms with Gasteiger partial charge < -0.3 is 24.6 Å². The van der Waals surface area contributed by atoms with Crippen LogP contribution >= 0.6 is 0 Å². The minimum atomic E-state index is -0.249. The molecule has 2 aliphatic rings. The molecule has 8 heteroatoms. The van der Waals surface area contributed by atoms with E-state index in [2.05, 4.69) is 10.3 Å². The molecule has 0 aromatic carbocycles. The molecule has 0 saturated carbocycles. The van der Waals surface area contributed by atoms with E-state index >= 15 is 0 Å². The highest BCUT2D eigenvalue weighted by Gasteiger charge is 2.43. The first kappa shape index (κ1) is 20.5. The van der Waals surface area contributed by atoms with Crippen molar-refractivity contribution in [2.75, 3.05) is 46.6 Å². The topological polar surface area (TPSA) is 84.0 Å². The Morgan fingerprint density at radius 1 is 1.21 bits per heavy atom. The van der Waals surface area contributed by atoms with Gasteiger partial charge in [-0.25, -0.2) is 4.79 Å². The van der Waals surface area contributed by atoms with Crippen LogP contribution in [0.3, 0.4) is 0 Å². The minimum Gasteiger partial charge on any atom is -0.381 e. The number of methoxy groups -OCH3 is 1. The maximum absolute atomic E-state index is 12.7. The van der Waals surface area contributed by atoms with Crippen LogP contribution in [0.4, 0.5) is 4.79 Å². The SMILES string of the molecule is COCC(=O)N1CCN(C(=O)NCc2cccc(C)n2)CCC12CCOCC2. The number of nitrogens with one attached hydrogen (secondary N) is 1. The smallest absolute Gasteiger partial charge is 0.317 e. The van der Waals surface area contributed by atoms with Crippen molar-refractivity contribution >= 4 is 11.9 Å². The summed E-state index contributed by atoms with van der Waals surface area (Å²) in [6.45, 7) is 5.30. The second kappa shape index (κ2) is 9.34. The third-order valence-electron chi connectivity index (χ3n) is 5.66. The van der Waals surface area contributed by atoms with Crippen molar-refractivity contribution in [2.24, 2.45) is 0 Å². The van der Waals surface area contributed by atoms with Crippen molar-refractivity contribution in [2.45, 2.75) is 38.3 Å². The number of nitrogens with zero attached hydrogens (tertiary/aromatic N) is 3. The zero-order chi connectivity index (χ0) is 20.0. The van der Waals surface area contributed by atoms with Crippen LogP contribution in [0, 0.1) is 6.92 Å². The first-order valence-corrected chi connectivity index (χ1v) is 9.86. The highest BCUT2D eigenvalue weighted by atomic mass is 16.5. The molecular weight excluding hydrogens is 360 g/mol. The number of urea groups is 1. The van der Waals surface area contributed by atoms with E-state index in [0.29, 0.717) is 39.4 Å². The predicted molar refractivity (Wildman–Crippen MR) is 104 cm³/mol. The normalized spacial score (nSPS) is 19.4. The third kappa shape index (κ3) is 4.80. The Balaban J connectivity index is 1.65. The molecule has 0 bridgehead atoms. The van der Waals surface area contributed by atoms with Crippen LogP contribution in [-0.2, 0) is 20.8 Å². The van der Waals surface area contributed by atoms with Crippen molar-refractivity contribution in [1.29, 1.82) is 0 Å². The summed E-state index contributed by atoms with van der Waals surface area (Å²) in [5, 5.41) is 2.96. The van der Waals surface area contributed by atoms with E-state index in [1.54, 1.807) is 4.90 Å². The van der Waals surface area contributed by atoms with Gasteiger partial charge in [-0.1, -0.05) is 6.07 Å². The molecular formula is C20H30N4O4. The van der Waals surface area contributed by atoms with Gasteiger partial charge in [0, 0.05) is 51.2 Å². The van der Waals surface area contributed by atoms with Gasteiger partial charge in [-0.3, -0.25) is 9.78 Å². The Hall–Kier alpha value is -2.19. The van der Waals surface area contributed by atoms with Gasteiger partial charge in [-0.15, -0.1) is 0 Å². The number of ether oxygens (including phenoxy) is 2. The summed E-state index contributed by atoms with van der Waals surface area (Å²) >= 11 is 0. The van der Waals surface area contributed by atoms with Gasteiger partial charge in [-0.2, -0.15) is 0 Å². The van der Waals surface area contributed by atoms with E-state index in [0.717, 1.165) is 30.7 Å². The van der Waals surface area contributed by atoms with Gasteiger partial charge in [-0.05, 0) is 38.3 Å². The summed E-state index contributed by atoms with van der Waals surface area (Å²) in [5.41, 5.74) is 1.51. The van der Waals surface area contributed by atoms with Crippen LogP contribution in [-0.4, -0.2) is 78.8 Å². The Labute approximate surface area is 166 Å². The minimum absolute atomic E-state index is 0.0179. The molecule has 0 atom stereocenters. The number of aromatic nitrogens is 1. The number of aryl methyl sites for hydroxylation is 1. The number of amides is 3. The van der Waals surface area contributed by atoms with Crippen molar-refractivity contribution < 1.29 is 19.1 Å². The van der Waals surface area contributed by atoms with E-state index in [1.165, 1.54) is 7.11 Å². The molecule has 3 rings (SSSR count). The molecule has 1 spiro atoms. The number of carbonyl (C=O) groups is 2. The van der Waals surface area contributed by atoms with Crippen LogP contribution in [0.5, 0.6) is 0 Å². The summed E-state index contributed by atoms with van der Waals surface area (Å²) < 4.78 is 10.6. The average Bonchev–Trinajstić information content (AvgIpc) is 2.87. The van der Waals surface area contributed by atoms with Crippen molar-refractivity contribution in [3.8, 4) is 0 Å². The molecule has 0 radical (unpaired) electrons. The molecule has 0 aliphatic carbocycles. The molecule has 2 aliphatic heterocycles. The Morgan fingerprint density at radius 2 is 2.00 bits per heavy atom. The number of hydrogen-bond acceptors (Lipinski definition) is 5. The Kier molecular flexibility index (Phi) is 6.85. The second-order valence-corrected chi connectivity index (χ2v) is 7.48. The molecule has 154 valence electrons. The van der Waals surface area contributed by atoms with Gasteiger partial charge >= 0.3 is 6.03 Å². The van der Waals surface area contributed by atoms with Gasteiger partial charge in [0.05, 0.1) is 12.2 Å². The molecule has 2 fully saturated rings. The van der Waals surface area contributed by atoms with Gasteiger partial charge in [0.15, 0.2) is 0 Å². The summed E-state index contributed by atoms with van der Waals surface area (Å²) in [5.74, 6) is -0.0179. The first-order valence-electron chi connectivity index (χ1n) is 9.86. The largest absolute Gasteiger partial charge is 0.381 e. The van der Waals surface area contributed by atoms with Gasteiger partial charge in [0.25, 0.3) is 0 Å². The monoisotopic (exact) mass is 390 g/mol. The lowest BCUT2D eigenvalue weighted by atomic mass is 9.84. The van der Waals surface area contributed by atoms with Crippen LogP contribution < -0.4 is 5.32 Å². The van der Waals surface area contributed by atoms with Crippen LogP contribution in [0.2, 0.25) is 0 Å². The summed E-state index contributed by atoms with van der Waals surface area (Å²) in [7, 11) is 1.53. The summed E-state index contributed by atoms with van der Waals surface area (Å²) in [4.78, 5) is 33.5. The van der Waals surface area contributed by atoms with E-state index < -0.39 is 0 Å². The lowest BCUT2D eigenvalue weighted by molar-refractivity contribution is -0.145. The molecule has 3 heterocycles. The molecule has 2 saturated heterocycles. The van der Waals surface area contributed by atoms with E-state index in [4.69, 9.17) is 9.47 Å². The van der Waals surface area contributed by atoms with Crippen LogP contribution in [0.15, 0.2) is 18.2 Å². The Bertz CT molecular complexity index is 691. The number of carbonyl (C=O) groups excluding carboxylic acids is 2. The van der Waals surface area contributed by atoms with Crippen LogP contribution in [0.1, 0.15) is 30.7 Å². The van der Waals surface area contributed by atoms with Gasteiger partial charge in [0.2, 0.25) is 5.91 Å². The molecule has 1 aromatic rings. The summed E-state index contributed by atoms with van der Waals surface area (Å²) in [6.07, 6.45) is 2.35. The number of rotatable bonds is 4. The molecule has 1 N–H and O–H groups in total. The van der Waals surface area contributed by atoms with Crippen molar-refractivity contribution in [1.82, 2.24) is 20.1 Å². The third-order valence-corrected chi connectivity index (χ3v) is 5.66. The number of hydrogen-bond donors (Lipinski definition) is 1. The van der Waals surface area contributed by atoms with Gasteiger partial charge in [0.1, 0.15) is 6.61 Å². The summed E-state index contributed by atoms with van der Waals surface area (Å²) in [6, 6.07) is 5.65. The molecule has 28 heavy (non-hydrogen) atoms. The van der Waals surface area contributed by atoms with E-state index in [1.807, 2.05) is 30.0 Å². The van der Waals surface area contributed by atoms with E-state index in [9.17, 15) is 9.59 Å². The first-order chi connectivity index (χ1) is 13.5. The molecule has 3 amide bonds. The fourth-order valence-electron chi connectivity index (χ4n) is 4.09. The highest BCUT2D eigenvalue weighted by Crippen LogP contribution is 2.33. The van der Waals surface area contributed by atoms with E-state index in [-0.39, 0.29) is 24.1 Å². The maximum atomic E-state index is 12.7. The highest BCUT2D eigenvalue weighted by molar-refractivity contribution is 5.79. The fraction of sp³-hybridized carbons (Fsp3) is 0.650. The lowest BCUT2D eigenvalue weighted by Crippen LogP contribution is -2.55. The zero-order valence-electron chi connectivity index (χ0n) is 16.8. The fourth-order valence-corrected chi connectivity index (χ4v) is 4.09. The van der Waals surface area contributed by atoms with Crippen molar-refractivity contribution in [3.63, 3.8) is 0 Å². The molecule has 0 unspecified atom stereocenters. The lowest BCUT2D eigenvalue weighted by Gasteiger charge is -2.45. The molecule has 1 aromatic heterocycles. The van der Waals surface area contributed by atoms with Crippen molar-refractivity contribution in [3.05, 3.63) is 29.6 Å². The van der Waals surface area contributed by atoms with Crippen LogP contribution in [0.25, 0.3) is 0 Å².